The van der Waals surface area contributed by atoms with Crippen molar-refractivity contribution in [3.8, 4) is 0 Å². The third-order valence-electron chi connectivity index (χ3n) is 6.09. The SMILES string of the molecule is Cc1ccc(CN(C)C2C[C@H]3CC(N(C)C)C[C@H]3C2)c(F)c1F. The molecule has 0 N–H and O–H groups in total. The van der Waals surface area contributed by atoms with Gasteiger partial charge in [0.2, 0.25) is 0 Å². The lowest BCUT2D eigenvalue weighted by molar-refractivity contribution is 0.209. The Bertz CT molecular complexity index is 559. The second-order valence-electron chi connectivity index (χ2n) is 7.82. The molecule has 4 heteroatoms. The number of hydrogen-bond donors (Lipinski definition) is 0. The lowest BCUT2D eigenvalue weighted by atomic mass is 10.0. The van der Waals surface area contributed by atoms with Gasteiger partial charge in [0.1, 0.15) is 0 Å². The second kappa shape index (κ2) is 6.48. The Kier molecular flexibility index (Phi) is 4.75. The van der Waals surface area contributed by atoms with Gasteiger partial charge in [-0.15, -0.1) is 0 Å². The van der Waals surface area contributed by atoms with Crippen LogP contribution in [0.3, 0.4) is 0 Å². The molecule has 0 heterocycles. The van der Waals surface area contributed by atoms with Gasteiger partial charge in [-0.3, -0.25) is 4.90 Å². The zero-order valence-corrected chi connectivity index (χ0v) is 14.6. The maximum absolute atomic E-state index is 14.1. The van der Waals surface area contributed by atoms with Gasteiger partial charge in [0.05, 0.1) is 0 Å². The van der Waals surface area contributed by atoms with Gasteiger partial charge in [-0.1, -0.05) is 12.1 Å². The topological polar surface area (TPSA) is 6.48 Å². The summed E-state index contributed by atoms with van der Waals surface area (Å²) in [6, 6.07) is 4.62. The molecule has 0 aromatic heterocycles. The summed E-state index contributed by atoms with van der Waals surface area (Å²) in [5.41, 5.74) is 0.845. The summed E-state index contributed by atoms with van der Waals surface area (Å²) in [5.74, 6) is 0.222. The van der Waals surface area contributed by atoms with Gasteiger partial charge in [0.25, 0.3) is 0 Å². The number of aryl methyl sites for hydroxylation is 1. The van der Waals surface area contributed by atoms with Crippen molar-refractivity contribution in [3.05, 3.63) is 34.9 Å². The van der Waals surface area contributed by atoms with Crippen LogP contribution in [0.2, 0.25) is 0 Å². The van der Waals surface area contributed by atoms with E-state index in [-0.39, 0.29) is 0 Å². The first-order chi connectivity index (χ1) is 10.9. The van der Waals surface area contributed by atoms with Crippen LogP contribution in [-0.2, 0) is 6.54 Å². The monoisotopic (exact) mass is 322 g/mol. The molecule has 4 atom stereocenters. The average Bonchev–Trinajstić information content (AvgIpc) is 3.06. The number of benzene rings is 1. The van der Waals surface area contributed by atoms with E-state index < -0.39 is 11.6 Å². The molecule has 3 rings (SSSR count). The van der Waals surface area contributed by atoms with Gasteiger partial charge >= 0.3 is 0 Å². The van der Waals surface area contributed by atoms with E-state index in [0.717, 1.165) is 17.9 Å². The fourth-order valence-corrected chi connectivity index (χ4v) is 4.54. The Morgan fingerprint density at radius 1 is 0.913 bits per heavy atom. The van der Waals surface area contributed by atoms with Crippen molar-refractivity contribution in [2.75, 3.05) is 21.1 Å². The molecule has 2 unspecified atom stereocenters. The van der Waals surface area contributed by atoms with Gasteiger partial charge in [0, 0.05) is 24.2 Å². The molecule has 1 aromatic rings. The molecule has 0 spiro atoms. The van der Waals surface area contributed by atoms with Crippen molar-refractivity contribution in [2.45, 2.75) is 51.2 Å². The fourth-order valence-electron chi connectivity index (χ4n) is 4.54. The highest BCUT2D eigenvalue weighted by Crippen LogP contribution is 2.46. The average molecular weight is 322 g/mol. The van der Waals surface area contributed by atoms with Gasteiger partial charge in [0.15, 0.2) is 11.6 Å². The minimum absolute atomic E-state index is 0.374. The highest BCUT2D eigenvalue weighted by atomic mass is 19.2. The minimum atomic E-state index is -0.701. The largest absolute Gasteiger partial charge is 0.306 e. The second-order valence-corrected chi connectivity index (χ2v) is 7.82. The third-order valence-corrected chi connectivity index (χ3v) is 6.09. The molecule has 2 fully saturated rings. The number of hydrogen-bond acceptors (Lipinski definition) is 2. The number of rotatable bonds is 4. The lowest BCUT2D eigenvalue weighted by Gasteiger charge is -2.27. The summed E-state index contributed by atoms with van der Waals surface area (Å²) in [6.45, 7) is 2.09. The predicted octanol–water partition coefficient (Wildman–Crippen LogP) is 3.82. The van der Waals surface area contributed by atoms with E-state index in [4.69, 9.17) is 0 Å². The Morgan fingerprint density at radius 3 is 2.04 bits per heavy atom. The maximum atomic E-state index is 14.1. The van der Waals surface area contributed by atoms with Crippen LogP contribution in [0.25, 0.3) is 0 Å². The summed E-state index contributed by atoms with van der Waals surface area (Å²) in [5, 5.41) is 0. The van der Waals surface area contributed by atoms with E-state index in [1.165, 1.54) is 25.7 Å². The van der Waals surface area contributed by atoms with Crippen molar-refractivity contribution in [1.29, 1.82) is 0 Å². The van der Waals surface area contributed by atoms with Crippen LogP contribution in [0.4, 0.5) is 8.78 Å². The minimum Gasteiger partial charge on any atom is -0.306 e. The van der Waals surface area contributed by atoms with Crippen molar-refractivity contribution in [1.82, 2.24) is 9.80 Å². The Morgan fingerprint density at radius 2 is 1.48 bits per heavy atom. The van der Waals surface area contributed by atoms with Crippen molar-refractivity contribution >= 4 is 0 Å². The molecule has 2 nitrogen and oxygen atoms in total. The van der Waals surface area contributed by atoms with Crippen LogP contribution >= 0.6 is 0 Å². The maximum Gasteiger partial charge on any atom is 0.163 e. The molecule has 128 valence electrons. The van der Waals surface area contributed by atoms with Gasteiger partial charge in [-0.2, -0.15) is 0 Å². The van der Waals surface area contributed by atoms with Crippen molar-refractivity contribution in [2.24, 2.45) is 11.8 Å². The molecule has 0 aliphatic heterocycles. The number of fused-ring (bicyclic) bond motifs is 1. The molecular formula is C19H28F2N2. The van der Waals surface area contributed by atoms with Crippen LogP contribution in [0.1, 0.15) is 36.8 Å². The molecule has 0 amide bonds. The van der Waals surface area contributed by atoms with E-state index in [9.17, 15) is 8.78 Å². The smallest absolute Gasteiger partial charge is 0.163 e. The van der Waals surface area contributed by atoms with Gasteiger partial charge in [-0.25, -0.2) is 8.78 Å². The first kappa shape index (κ1) is 16.8. The van der Waals surface area contributed by atoms with Crippen LogP contribution < -0.4 is 0 Å². The zero-order valence-electron chi connectivity index (χ0n) is 14.6. The Hall–Kier alpha value is -1.00. The van der Waals surface area contributed by atoms with Crippen LogP contribution in [-0.4, -0.2) is 43.0 Å². The molecule has 2 saturated carbocycles. The number of nitrogens with zero attached hydrogens (tertiary/aromatic N) is 2. The molecular weight excluding hydrogens is 294 g/mol. The van der Waals surface area contributed by atoms with E-state index in [0.29, 0.717) is 23.7 Å². The summed E-state index contributed by atoms with van der Waals surface area (Å²) in [4.78, 5) is 4.57. The molecule has 0 bridgehead atoms. The van der Waals surface area contributed by atoms with E-state index >= 15 is 0 Å². The standard InChI is InChI=1S/C19H28F2N2/c1-12-5-6-13(19(21)18(12)20)11-23(4)17-9-14-7-16(22(2)3)8-15(14)10-17/h5-6,14-17H,7-11H2,1-4H3/t14-,15+,16?,17?. The third kappa shape index (κ3) is 3.29. The summed E-state index contributed by atoms with van der Waals surface area (Å²) < 4.78 is 27.8. The molecule has 0 saturated heterocycles. The van der Waals surface area contributed by atoms with Gasteiger partial charge in [-0.05, 0) is 71.1 Å². The van der Waals surface area contributed by atoms with Crippen LogP contribution in [0.5, 0.6) is 0 Å². The fraction of sp³-hybridized carbons (Fsp3) is 0.684. The molecule has 2 aliphatic rings. The zero-order chi connectivity index (χ0) is 16.7. The summed E-state index contributed by atoms with van der Waals surface area (Å²) in [6.07, 6.45) is 4.97. The Balaban J connectivity index is 1.61. The quantitative estimate of drug-likeness (QED) is 0.831. The first-order valence-corrected chi connectivity index (χ1v) is 8.67. The van der Waals surface area contributed by atoms with Crippen LogP contribution in [0.15, 0.2) is 12.1 Å². The van der Waals surface area contributed by atoms with Crippen molar-refractivity contribution < 1.29 is 8.78 Å². The van der Waals surface area contributed by atoms with Crippen LogP contribution in [0, 0.1) is 30.4 Å². The Labute approximate surface area is 138 Å². The van der Waals surface area contributed by atoms with E-state index in [2.05, 4.69) is 23.9 Å². The summed E-state index contributed by atoms with van der Waals surface area (Å²) in [7, 11) is 6.39. The lowest BCUT2D eigenvalue weighted by Crippen LogP contribution is -2.31. The normalized spacial score (nSPS) is 30.4. The molecule has 1 aromatic carbocycles. The first-order valence-electron chi connectivity index (χ1n) is 8.67. The van der Waals surface area contributed by atoms with E-state index in [1.54, 1.807) is 19.1 Å². The number of halogens is 2. The highest BCUT2D eigenvalue weighted by molar-refractivity contribution is 5.25. The molecule has 2 aliphatic carbocycles. The summed E-state index contributed by atoms with van der Waals surface area (Å²) >= 11 is 0. The van der Waals surface area contributed by atoms with Crippen molar-refractivity contribution in [3.63, 3.8) is 0 Å². The molecule has 0 radical (unpaired) electrons. The van der Waals surface area contributed by atoms with E-state index in [1.807, 2.05) is 7.05 Å². The van der Waals surface area contributed by atoms with Gasteiger partial charge < -0.3 is 4.90 Å². The highest BCUT2D eigenvalue weighted by Gasteiger charge is 2.43. The predicted molar refractivity (Wildman–Crippen MR) is 89.3 cm³/mol. The molecule has 23 heavy (non-hydrogen) atoms.